The molecule has 0 amide bonds. The van der Waals surface area contributed by atoms with Crippen LogP contribution >= 0.6 is 0 Å². The van der Waals surface area contributed by atoms with Gasteiger partial charge in [0.2, 0.25) is 0 Å². The number of aromatic nitrogens is 2. The van der Waals surface area contributed by atoms with Gasteiger partial charge in [-0.05, 0) is 24.3 Å². The Morgan fingerprint density at radius 2 is 1.61 bits per heavy atom. The van der Waals surface area contributed by atoms with Crippen LogP contribution in [0.1, 0.15) is 20.7 Å². The maximum Gasteiger partial charge on any atom is 0.269 e. The minimum atomic E-state index is -0.505. The predicted octanol–water partition coefficient (Wildman–Crippen LogP) is 3.88. The van der Waals surface area contributed by atoms with Crippen LogP contribution in [0, 0.1) is 22.0 Å². The second-order valence-corrected chi connectivity index (χ2v) is 6.82. The number of fused-ring (bicyclic) bond motifs is 4. The van der Waals surface area contributed by atoms with E-state index in [0.29, 0.717) is 33.5 Å². The third-order valence-electron chi connectivity index (χ3n) is 5.26. The number of benzene rings is 2. The van der Waals surface area contributed by atoms with Crippen LogP contribution in [-0.4, -0.2) is 26.5 Å². The molecule has 136 valence electrons. The highest BCUT2D eigenvalue weighted by molar-refractivity contribution is 6.22. The quantitative estimate of drug-likeness (QED) is 0.543. The van der Waals surface area contributed by atoms with Gasteiger partial charge in [-0.15, -0.1) is 0 Å². The number of non-ortho nitro benzene ring substituents is 1. The molecule has 2 aromatic carbocycles. The number of hydrogen-bond donors (Lipinski definition) is 1. The highest BCUT2D eigenvalue weighted by atomic mass is 16.6. The van der Waals surface area contributed by atoms with E-state index in [4.69, 9.17) is 0 Å². The number of carbonyl (C=O) groups is 2. The lowest BCUT2D eigenvalue weighted by Gasteiger charge is -2.28. The van der Waals surface area contributed by atoms with E-state index in [0.717, 1.165) is 0 Å². The number of hydrogen-bond acceptors (Lipinski definition) is 5. The topological polar surface area (TPSA) is 106 Å². The number of allylic oxidation sites excluding steroid dienone is 4. The Morgan fingerprint density at radius 3 is 2.29 bits per heavy atom. The fraction of sp³-hybridized carbons (Fsp3) is 0.0952. The van der Waals surface area contributed by atoms with Gasteiger partial charge in [0.05, 0.1) is 27.8 Å². The van der Waals surface area contributed by atoms with Gasteiger partial charge in [-0.1, -0.05) is 24.3 Å². The molecule has 0 unspecified atom stereocenters. The van der Waals surface area contributed by atoms with Gasteiger partial charge >= 0.3 is 0 Å². The molecule has 0 saturated heterocycles. The van der Waals surface area contributed by atoms with E-state index in [1.54, 1.807) is 48.6 Å². The summed E-state index contributed by atoms with van der Waals surface area (Å²) in [6, 6.07) is 9.40. The van der Waals surface area contributed by atoms with Gasteiger partial charge < -0.3 is 4.98 Å². The summed E-state index contributed by atoms with van der Waals surface area (Å²) in [5, 5.41) is 10.8. The molecule has 1 N–H and O–H groups in total. The van der Waals surface area contributed by atoms with Crippen LogP contribution in [0.5, 0.6) is 0 Å². The number of carbonyl (C=O) groups excluding carboxylic acids is 2. The summed E-state index contributed by atoms with van der Waals surface area (Å²) in [5.41, 5.74) is 2.46. The third kappa shape index (κ3) is 2.26. The lowest BCUT2D eigenvalue weighted by Crippen LogP contribution is -2.35. The molecule has 7 heteroatoms. The highest BCUT2D eigenvalue weighted by Crippen LogP contribution is 2.37. The molecule has 2 aliphatic rings. The Kier molecular flexibility index (Phi) is 3.39. The smallest absolute Gasteiger partial charge is 0.269 e. The van der Waals surface area contributed by atoms with E-state index in [-0.39, 0.29) is 17.3 Å². The Labute approximate surface area is 158 Å². The first-order chi connectivity index (χ1) is 13.5. The first-order valence-corrected chi connectivity index (χ1v) is 8.75. The number of imidazole rings is 1. The van der Waals surface area contributed by atoms with Gasteiger partial charge in [-0.2, -0.15) is 0 Å². The van der Waals surface area contributed by atoms with Gasteiger partial charge in [-0.25, -0.2) is 4.98 Å². The average Bonchev–Trinajstić information content (AvgIpc) is 3.16. The molecule has 0 bridgehead atoms. The number of aromatic amines is 1. The van der Waals surface area contributed by atoms with Crippen molar-refractivity contribution >= 4 is 28.3 Å². The number of ketones is 2. The summed E-state index contributed by atoms with van der Waals surface area (Å²) in [6.45, 7) is 0. The number of nitrogens with one attached hydrogen (secondary N) is 1. The van der Waals surface area contributed by atoms with Crippen molar-refractivity contribution in [2.75, 3.05) is 0 Å². The summed E-state index contributed by atoms with van der Waals surface area (Å²) in [5.74, 6) is -0.681. The second-order valence-electron chi connectivity index (χ2n) is 6.82. The van der Waals surface area contributed by atoms with Crippen molar-refractivity contribution in [3.8, 4) is 11.4 Å². The summed E-state index contributed by atoms with van der Waals surface area (Å²) >= 11 is 0. The standard InChI is InChI=1S/C21H13N3O4/c25-19-13-3-1-2-4-14(13)20(26)17-15(19)9-10-16-18(17)23-21(22-16)11-5-7-12(8-6-11)24(27)28/h1-10,13-14H,(H,22,23)/t13-,14+/m0/s1. The highest BCUT2D eigenvalue weighted by Gasteiger charge is 2.40. The average molecular weight is 371 g/mol. The van der Waals surface area contributed by atoms with Crippen LogP contribution in [0.25, 0.3) is 22.4 Å². The molecule has 0 radical (unpaired) electrons. The predicted molar refractivity (Wildman–Crippen MR) is 102 cm³/mol. The molecule has 5 rings (SSSR count). The van der Waals surface area contributed by atoms with E-state index < -0.39 is 16.8 Å². The number of nitrogens with zero attached hydrogens (tertiary/aromatic N) is 2. The first kappa shape index (κ1) is 16.3. The largest absolute Gasteiger partial charge is 0.338 e. The van der Waals surface area contributed by atoms with Crippen LogP contribution < -0.4 is 0 Å². The lowest BCUT2D eigenvalue weighted by atomic mass is 9.72. The van der Waals surface area contributed by atoms with Crippen molar-refractivity contribution in [3.63, 3.8) is 0 Å². The van der Waals surface area contributed by atoms with Crippen LogP contribution in [0.15, 0.2) is 60.7 Å². The maximum absolute atomic E-state index is 13.1. The van der Waals surface area contributed by atoms with E-state index in [2.05, 4.69) is 9.97 Å². The Morgan fingerprint density at radius 1 is 0.929 bits per heavy atom. The van der Waals surface area contributed by atoms with Gasteiger partial charge in [0, 0.05) is 23.3 Å². The summed E-state index contributed by atoms with van der Waals surface area (Å²) in [4.78, 5) is 44.1. The molecular weight excluding hydrogens is 358 g/mol. The van der Waals surface area contributed by atoms with Crippen molar-refractivity contribution in [1.29, 1.82) is 0 Å². The third-order valence-corrected chi connectivity index (χ3v) is 5.26. The van der Waals surface area contributed by atoms with Crippen LogP contribution in [0.3, 0.4) is 0 Å². The Hall–Kier alpha value is -3.87. The molecule has 2 atom stereocenters. The normalized spacial score (nSPS) is 20.3. The molecule has 28 heavy (non-hydrogen) atoms. The molecule has 7 nitrogen and oxygen atoms in total. The molecule has 2 aliphatic carbocycles. The first-order valence-electron chi connectivity index (χ1n) is 8.75. The minimum Gasteiger partial charge on any atom is -0.338 e. The maximum atomic E-state index is 13.1. The van der Waals surface area contributed by atoms with Crippen LogP contribution in [0.2, 0.25) is 0 Å². The molecule has 3 aromatic rings. The van der Waals surface area contributed by atoms with Gasteiger partial charge in [-0.3, -0.25) is 19.7 Å². The number of H-pyrrole nitrogens is 1. The summed E-state index contributed by atoms with van der Waals surface area (Å²) < 4.78 is 0. The van der Waals surface area contributed by atoms with Crippen LogP contribution in [0.4, 0.5) is 5.69 Å². The van der Waals surface area contributed by atoms with Crippen LogP contribution in [-0.2, 0) is 0 Å². The van der Waals surface area contributed by atoms with Gasteiger partial charge in [0.25, 0.3) is 5.69 Å². The lowest BCUT2D eigenvalue weighted by molar-refractivity contribution is -0.384. The number of nitro groups is 1. The van der Waals surface area contributed by atoms with E-state index in [1.165, 1.54) is 12.1 Å². The minimum absolute atomic E-state index is 0.0128. The number of Topliss-reactive ketones (excluding diaryl/α,β-unsaturated/α-hetero) is 2. The summed E-state index contributed by atoms with van der Waals surface area (Å²) in [6.07, 6.45) is 7.10. The molecule has 0 fully saturated rings. The van der Waals surface area contributed by atoms with Crippen molar-refractivity contribution < 1.29 is 14.5 Å². The zero-order chi connectivity index (χ0) is 19.4. The van der Waals surface area contributed by atoms with E-state index in [1.807, 2.05) is 0 Å². The van der Waals surface area contributed by atoms with E-state index >= 15 is 0 Å². The van der Waals surface area contributed by atoms with E-state index in [9.17, 15) is 19.7 Å². The monoisotopic (exact) mass is 371 g/mol. The van der Waals surface area contributed by atoms with Crippen molar-refractivity contribution in [1.82, 2.24) is 9.97 Å². The molecular formula is C21H13N3O4. The molecule has 0 aliphatic heterocycles. The zero-order valence-corrected chi connectivity index (χ0v) is 14.5. The second kappa shape index (κ2) is 5.82. The van der Waals surface area contributed by atoms with Crippen molar-refractivity contribution in [2.24, 2.45) is 11.8 Å². The Balaban J connectivity index is 1.66. The van der Waals surface area contributed by atoms with Gasteiger partial charge in [0.15, 0.2) is 11.6 Å². The fourth-order valence-corrected chi connectivity index (χ4v) is 3.86. The zero-order valence-electron chi connectivity index (χ0n) is 14.5. The van der Waals surface area contributed by atoms with Crippen molar-refractivity contribution in [2.45, 2.75) is 0 Å². The van der Waals surface area contributed by atoms with Crippen molar-refractivity contribution in [3.05, 3.63) is 81.9 Å². The SMILES string of the molecule is O=C1c2ccc3[nH]c(-c4ccc([N+](=O)[O-])cc4)nc3c2C(=O)[C@@H]2C=CC=C[C@H]12. The summed E-state index contributed by atoms with van der Waals surface area (Å²) in [7, 11) is 0. The number of nitro benzene ring substituents is 1. The molecule has 1 aromatic heterocycles. The molecule has 0 spiro atoms. The van der Waals surface area contributed by atoms with Gasteiger partial charge in [0.1, 0.15) is 11.3 Å². The Bertz CT molecular complexity index is 1230. The molecule has 1 heterocycles. The fourth-order valence-electron chi connectivity index (χ4n) is 3.86. The molecule has 0 saturated carbocycles. The number of rotatable bonds is 2.